The monoisotopic (exact) mass is 227 g/mol. The fourth-order valence-corrected chi connectivity index (χ4v) is 2.69. The Hall–Kier alpha value is -0.120. The zero-order valence-corrected chi connectivity index (χ0v) is 10.6. The molecule has 1 N–H and O–H groups in total. The van der Waals surface area contributed by atoms with Gasteiger partial charge in [-0.15, -0.1) is 0 Å². The molecule has 0 aromatic rings. The maximum Gasteiger partial charge on any atom is 0.0986 e. The minimum Gasteiger partial charge on any atom is -0.377 e. The number of ether oxygens (including phenoxy) is 2. The highest BCUT2D eigenvalue weighted by molar-refractivity contribution is 4.96. The summed E-state index contributed by atoms with van der Waals surface area (Å²) in [5.41, 5.74) is 0. The van der Waals surface area contributed by atoms with Crippen LogP contribution in [-0.4, -0.2) is 38.5 Å². The second kappa shape index (κ2) is 5.99. The van der Waals surface area contributed by atoms with Crippen LogP contribution in [0.2, 0.25) is 0 Å². The highest BCUT2D eigenvalue weighted by Crippen LogP contribution is 2.31. The van der Waals surface area contributed by atoms with Crippen molar-refractivity contribution in [2.75, 3.05) is 20.3 Å². The van der Waals surface area contributed by atoms with Crippen molar-refractivity contribution in [1.29, 1.82) is 0 Å². The summed E-state index contributed by atoms with van der Waals surface area (Å²) in [7, 11) is 1.79. The lowest BCUT2D eigenvalue weighted by molar-refractivity contribution is -0.136. The van der Waals surface area contributed by atoms with Crippen LogP contribution in [-0.2, 0) is 9.47 Å². The fraction of sp³-hybridized carbons (Fsp3) is 1.00. The third-order valence-electron chi connectivity index (χ3n) is 4.07. The number of nitrogens with one attached hydrogen (secondary N) is 1. The molecule has 2 fully saturated rings. The molecule has 0 heterocycles. The second-order valence-corrected chi connectivity index (χ2v) is 5.10. The molecule has 0 aromatic heterocycles. The summed E-state index contributed by atoms with van der Waals surface area (Å²) < 4.78 is 11.4. The summed E-state index contributed by atoms with van der Waals surface area (Å²) in [6.07, 6.45) is 7.21. The zero-order valence-electron chi connectivity index (χ0n) is 10.6. The maximum absolute atomic E-state index is 5.90. The molecular weight excluding hydrogens is 202 g/mol. The molecule has 0 amide bonds. The topological polar surface area (TPSA) is 30.5 Å². The number of likely N-dealkylation sites (N-methyl/N-ethyl adjacent to an activating group) is 1. The van der Waals surface area contributed by atoms with Gasteiger partial charge >= 0.3 is 0 Å². The molecule has 3 heteroatoms. The molecule has 2 aliphatic carbocycles. The molecule has 3 unspecified atom stereocenters. The number of hydrogen-bond acceptors (Lipinski definition) is 3. The van der Waals surface area contributed by atoms with Gasteiger partial charge in [-0.05, 0) is 25.3 Å². The van der Waals surface area contributed by atoms with Crippen molar-refractivity contribution >= 4 is 0 Å². The van der Waals surface area contributed by atoms with E-state index in [0.717, 1.165) is 25.5 Å². The van der Waals surface area contributed by atoms with Gasteiger partial charge in [0.05, 0.1) is 12.2 Å². The van der Waals surface area contributed by atoms with Gasteiger partial charge in [-0.25, -0.2) is 0 Å². The molecule has 3 nitrogen and oxygen atoms in total. The van der Waals surface area contributed by atoms with Gasteiger partial charge in [0, 0.05) is 19.8 Å². The molecule has 2 aliphatic rings. The van der Waals surface area contributed by atoms with Crippen LogP contribution < -0.4 is 5.32 Å². The molecule has 0 radical (unpaired) electrons. The minimum atomic E-state index is 0.265. The van der Waals surface area contributed by atoms with Crippen LogP contribution in [0.25, 0.3) is 0 Å². The Labute approximate surface area is 98.9 Å². The molecule has 0 spiro atoms. The Morgan fingerprint density at radius 3 is 2.69 bits per heavy atom. The Kier molecular flexibility index (Phi) is 4.62. The molecule has 0 saturated heterocycles. The quantitative estimate of drug-likeness (QED) is 0.721. The van der Waals surface area contributed by atoms with E-state index in [0.29, 0.717) is 12.1 Å². The average Bonchev–Trinajstić information content (AvgIpc) is 2.19. The van der Waals surface area contributed by atoms with E-state index < -0.39 is 0 Å². The normalized spacial score (nSPS) is 34.5. The standard InChI is InChI=1S/C13H25NO2/c1-3-14-11-9-12(13(11)15-2)16-8-7-10-5-4-6-10/h10-14H,3-9H2,1-2H3. The first-order valence-corrected chi connectivity index (χ1v) is 6.73. The summed E-state index contributed by atoms with van der Waals surface area (Å²) in [6.45, 7) is 4.07. The van der Waals surface area contributed by atoms with Crippen molar-refractivity contribution in [3.05, 3.63) is 0 Å². The van der Waals surface area contributed by atoms with Gasteiger partial charge in [-0.2, -0.15) is 0 Å². The molecular formula is C13H25NO2. The van der Waals surface area contributed by atoms with E-state index in [2.05, 4.69) is 12.2 Å². The van der Waals surface area contributed by atoms with Gasteiger partial charge in [0.2, 0.25) is 0 Å². The maximum atomic E-state index is 5.90. The van der Waals surface area contributed by atoms with E-state index in [-0.39, 0.29) is 6.10 Å². The summed E-state index contributed by atoms with van der Waals surface area (Å²) in [5.74, 6) is 0.950. The molecule has 2 rings (SSSR count). The van der Waals surface area contributed by atoms with Crippen molar-refractivity contribution in [3.8, 4) is 0 Å². The first-order chi connectivity index (χ1) is 7.85. The third-order valence-corrected chi connectivity index (χ3v) is 4.07. The van der Waals surface area contributed by atoms with Crippen molar-refractivity contribution in [2.45, 2.75) is 57.3 Å². The second-order valence-electron chi connectivity index (χ2n) is 5.10. The molecule has 94 valence electrons. The highest BCUT2D eigenvalue weighted by Gasteiger charge is 2.41. The van der Waals surface area contributed by atoms with Crippen LogP contribution in [0.3, 0.4) is 0 Å². The van der Waals surface area contributed by atoms with E-state index in [1.165, 1.54) is 25.7 Å². The first-order valence-electron chi connectivity index (χ1n) is 6.73. The summed E-state index contributed by atoms with van der Waals surface area (Å²) in [5, 5.41) is 3.43. The predicted molar refractivity (Wildman–Crippen MR) is 64.6 cm³/mol. The van der Waals surface area contributed by atoms with Crippen molar-refractivity contribution < 1.29 is 9.47 Å². The Balaban J connectivity index is 1.59. The van der Waals surface area contributed by atoms with E-state index in [1.54, 1.807) is 7.11 Å². The number of hydrogen-bond donors (Lipinski definition) is 1. The molecule has 0 aromatic carbocycles. The predicted octanol–water partition coefficient (Wildman–Crippen LogP) is 1.96. The largest absolute Gasteiger partial charge is 0.377 e. The highest BCUT2D eigenvalue weighted by atomic mass is 16.5. The molecule has 3 atom stereocenters. The first kappa shape index (κ1) is 12.3. The molecule has 0 bridgehead atoms. The van der Waals surface area contributed by atoms with E-state index >= 15 is 0 Å². The van der Waals surface area contributed by atoms with Crippen molar-refractivity contribution in [3.63, 3.8) is 0 Å². The number of rotatable bonds is 7. The van der Waals surface area contributed by atoms with Crippen LogP contribution in [0, 0.1) is 5.92 Å². The summed E-state index contributed by atoms with van der Waals surface area (Å²) in [4.78, 5) is 0. The lowest BCUT2D eigenvalue weighted by atomic mass is 9.83. The van der Waals surface area contributed by atoms with Gasteiger partial charge < -0.3 is 14.8 Å². The van der Waals surface area contributed by atoms with Crippen LogP contribution in [0.15, 0.2) is 0 Å². The Morgan fingerprint density at radius 2 is 2.12 bits per heavy atom. The van der Waals surface area contributed by atoms with Crippen LogP contribution in [0.5, 0.6) is 0 Å². The zero-order chi connectivity index (χ0) is 11.4. The van der Waals surface area contributed by atoms with Gasteiger partial charge in [0.25, 0.3) is 0 Å². The van der Waals surface area contributed by atoms with Crippen molar-refractivity contribution in [2.24, 2.45) is 5.92 Å². The van der Waals surface area contributed by atoms with Gasteiger partial charge in [-0.1, -0.05) is 26.2 Å². The smallest absolute Gasteiger partial charge is 0.0986 e. The van der Waals surface area contributed by atoms with Gasteiger partial charge in [0.15, 0.2) is 0 Å². The lowest BCUT2D eigenvalue weighted by Gasteiger charge is -2.43. The summed E-state index contributed by atoms with van der Waals surface area (Å²) in [6, 6.07) is 0.503. The molecule has 0 aliphatic heterocycles. The lowest BCUT2D eigenvalue weighted by Crippen LogP contribution is -2.59. The Bertz CT molecular complexity index is 206. The fourth-order valence-electron chi connectivity index (χ4n) is 2.69. The molecule has 16 heavy (non-hydrogen) atoms. The van der Waals surface area contributed by atoms with E-state index in [9.17, 15) is 0 Å². The van der Waals surface area contributed by atoms with Gasteiger partial charge in [-0.3, -0.25) is 0 Å². The van der Waals surface area contributed by atoms with Crippen LogP contribution in [0.1, 0.15) is 39.0 Å². The molecule has 2 saturated carbocycles. The van der Waals surface area contributed by atoms with Crippen LogP contribution >= 0.6 is 0 Å². The van der Waals surface area contributed by atoms with E-state index in [1.807, 2.05) is 0 Å². The van der Waals surface area contributed by atoms with Crippen molar-refractivity contribution in [1.82, 2.24) is 5.32 Å². The summed E-state index contributed by atoms with van der Waals surface area (Å²) >= 11 is 0. The number of methoxy groups -OCH3 is 1. The van der Waals surface area contributed by atoms with E-state index in [4.69, 9.17) is 9.47 Å². The Morgan fingerprint density at radius 1 is 1.31 bits per heavy atom. The minimum absolute atomic E-state index is 0.265. The average molecular weight is 227 g/mol. The van der Waals surface area contributed by atoms with Gasteiger partial charge in [0.1, 0.15) is 0 Å². The SMILES string of the molecule is CCNC1CC(OCCC2CCC2)C1OC. The van der Waals surface area contributed by atoms with Crippen LogP contribution in [0.4, 0.5) is 0 Å². The third kappa shape index (κ3) is 2.76.